The van der Waals surface area contributed by atoms with Gasteiger partial charge < -0.3 is 15.4 Å². The summed E-state index contributed by atoms with van der Waals surface area (Å²) < 4.78 is 1.71. The number of aryl methyl sites for hydroxylation is 2. The molecule has 1 heterocycles. The molecule has 4 nitrogen and oxygen atoms in total. The van der Waals surface area contributed by atoms with Gasteiger partial charge in [0, 0.05) is 24.4 Å². The van der Waals surface area contributed by atoms with Gasteiger partial charge in [0.1, 0.15) is 0 Å². The van der Waals surface area contributed by atoms with Gasteiger partial charge in [0.05, 0.1) is 5.52 Å². The molecule has 0 saturated heterocycles. The van der Waals surface area contributed by atoms with E-state index in [1.54, 1.807) is 11.6 Å². The molecule has 0 unspecified atom stereocenters. The Bertz CT molecular complexity index is 543. The molecule has 0 saturated carbocycles. The lowest BCUT2D eigenvalue weighted by molar-refractivity contribution is -0.117. The standard InChI is InChI=1S/C12H14N2O2/c1-14-10-5-3-2-4-8(10)9(12(14)16)6-7-11(13)15/h2-5,16H,6-7H2,1H3,(H2,13,15). The maximum absolute atomic E-state index is 10.8. The molecule has 3 N–H and O–H groups in total. The highest BCUT2D eigenvalue weighted by molar-refractivity contribution is 5.87. The third kappa shape index (κ3) is 1.62. The van der Waals surface area contributed by atoms with E-state index in [1.165, 1.54) is 0 Å². The summed E-state index contributed by atoms with van der Waals surface area (Å²) in [4.78, 5) is 10.8. The van der Waals surface area contributed by atoms with E-state index in [1.807, 2.05) is 24.3 Å². The van der Waals surface area contributed by atoms with Crippen LogP contribution in [0.25, 0.3) is 10.9 Å². The molecule has 0 aliphatic heterocycles. The second-order valence-corrected chi connectivity index (χ2v) is 3.84. The van der Waals surface area contributed by atoms with Gasteiger partial charge in [0.15, 0.2) is 5.88 Å². The molecular weight excluding hydrogens is 204 g/mol. The number of hydrogen-bond donors (Lipinski definition) is 2. The van der Waals surface area contributed by atoms with Crippen LogP contribution < -0.4 is 5.73 Å². The van der Waals surface area contributed by atoms with Crippen LogP contribution in [0.1, 0.15) is 12.0 Å². The van der Waals surface area contributed by atoms with Crippen molar-refractivity contribution in [3.8, 4) is 5.88 Å². The first-order valence-electron chi connectivity index (χ1n) is 5.15. The number of primary amides is 1. The molecule has 0 bridgehead atoms. The van der Waals surface area contributed by atoms with Crippen LogP contribution in [0.5, 0.6) is 5.88 Å². The number of nitrogens with two attached hydrogens (primary N) is 1. The Morgan fingerprint density at radius 2 is 2.12 bits per heavy atom. The summed E-state index contributed by atoms with van der Waals surface area (Å²) in [7, 11) is 1.80. The maximum Gasteiger partial charge on any atom is 0.217 e. The Morgan fingerprint density at radius 1 is 1.44 bits per heavy atom. The Hall–Kier alpha value is -1.97. The summed E-state index contributed by atoms with van der Waals surface area (Å²) in [5, 5.41) is 10.9. The molecule has 2 aromatic rings. The Balaban J connectivity index is 2.51. The van der Waals surface area contributed by atoms with Crippen molar-refractivity contribution >= 4 is 16.8 Å². The first kappa shape index (κ1) is 10.5. The lowest BCUT2D eigenvalue weighted by Gasteiger charge is -1.98. The van der Waals surface area contributed by atoms with Gasteiger partial charge in [-0.15, -0.1) is 0 Å². The summed E-state index contributed by atoms with van der Waals surface area (Å²) in [6.45, 7) is 0. The summed E-state index contributed by atoms with van der Waals surface area (Å²) in [5.41, 5.74) is 6.86. The predicted octanol–water partition coefficient (Wildman–Crippen LogP) is 1.30. The van der Waals surface area contributed by atoms with E-state index in [9.17, 15) is 9.90 Å². The molecule has 0 aliphatic carbocycles. The van der Waals surface area contributed by atoms with Gasteiger partial charge in [-0.1, -0.05) is 18.2 Å². The zero-order valence-electron chi connectivity index (χ0n) is 9.10. The van der Waals surface area contributed by atoms with Crippen LogP contribution in [0.4, 0.5) is 0 Å². The number of carbonyl (C=O) groups is 1. The van der Waals surface area contributed by atoms with Gasteiger partial charge in [-0.2, -0.15) is 0 Å². The fraction of sp³-hybridized carbons (Fsp3) is 0.250. The van der Waals surface area contributed by atoms with Crippen molar-refractivity contribution in [1.29, 1.82) is 0 Å². The fourth-order valence-electron chi connectivity index (χ4n) is 1.95. The van der Waals surface area contributed by atoms with E-state index >= 15 is 0 Å². The van der Waals surface area contributed by atoms with Crippen molar-refractivity contribution in [1.82, 2.24) is 4.57 Å². The molecule has 0 aliphatic rings. The van der Waals surface area contributed by atoms with Crippen molar-refractivity contribution in [2.24, 2.45) is 12.8 Å². The minimum atomic E-state index is -0.354. The van der Waals surface area contributed by atoms with Gasteiger partial charge >= 0.3 is 0 Å². The van der Waals surface area contributed by atoms with Crippen molar-refractivity contribution in [2.45, 2.75) is 12.8 Å². The van der Waals surface area contributed by atoms with E-state index in [4.69, 9.17) is 5.73 Å². The Morgan fingerprint density at radius 3 is 2.81 bits per heavy atom. The monoisotopic (exact) mass is 218 g/mol. The summed E-state index contributed by atoms with van der Waals surface area (Å²) in [6.07, 6.45) is 0.726. The van der Waals surface area contributed by atoms with Crippen LogP contribution in [0.2, 0.25) is 0 Å². The minimum absolute atomic E-state index is 0.211. The summed E-state index contributed by atoms with van der Waals surface area (Å²) in [5.74, 6) is -0.144. The van der Waals surface area contributed by atoms with Crippen LogP contribution in [0.3, 0.4) is 0 Å². The number of amides is 1. The van der Waals surface area contributed by atoms with Crippen LogP contribution in [-0.4, -0.2) is 15.6 Å². The highest BCUT2D eigenvalue weighted by Gasteiger charge is 2.13. The molecule has 84 valence electrons. The number of para-hydroxylation sites is 1. The molecule has 16 heavy (non-hydrogen) atoms. The number of aromatic hydroxyl groups is 1. The van der Waals surface area contributed by atoms with Crippen LogP contribution in [0.15, 0.2) is 24.3 Å². The molecule has 1 aromatic carbocycles. The van der Waals surface area contributed by atoms with Crippen LogP contribution in [-0.2, 0) is 18.3 Å². The first-order valence-corrected chi connectivity index (χ1v) is 5.15. The normalized spacial score (nSPS) is 10.8. The van der Waals surface area contributed by atoms with E-state index in [0.717, 1.165) is 16.5 Å². The minimum Gasteiger partial charge on any atom is -0.494 e. The topological polar surface area (TPSA) is 68.2 Å². The number of carbonyl (C=O) groups excluding carboxylic acids is 1. The predicted molar refractivity (Wildman–Crippen MR) is 62.1 cm³/mol. The molecule has 2 rings (SSSR count). The van der Waals surface area contributed by atoms with Gasteiger partial charge in [-0.25, -0.2) is 0 Å². The molecule has 0 radical (unpaired) electrons. The third-order valence-corrected chi connectivity index (χ3v) is 2.80. The number of hydrogen-bond acceptors (Lipinski definition) is 2. The second kappa shape index (κ2) is 3.89. The average molecular weight is 218 g/mol. The molecule has 4 heteroatoms. The quantitative estimate of drug-likeness (QED) is 0.815. The lowest BCUT2D eigenvalue weighted by atomic mass is 10.1. The average Bonchev–Trinajstić information content (AvgIpc) is 2.50. The highest BCUT2D eigenvalue weighted by Crippen LogP contribution is 2.30. The number of nitrogens with zero attached hydrogens (tertiary/aromatic N) is 1. The zero-order chi connectivity index (χ0) is 11.7. The summed E-state index contributed by atoms with van der Waals surface area (Å²) >= 11 is 0. The Kier molecular flexibility index (Phi) is 2.56. The third-order valence-electron chi connectivity index (χ3n) is 2.80. The smallest absolute Gasteiger partial charge is 0.217 e. The first-order chi connectivity index (χ1) is 7.61. The lowest BCUT2D eigenvalue weighted by Crippen LogP contribution is -2.11. The number of aromatic nitrogens is 1. The molecule has 1 aromatic heterocycles. The van der Waals surface area contributed by atoms with E-state index in [-0.39, 0.29) is 18.2 Å². The van der Waals surface area contributed by atoms with Crippen LogP contribution in [0, 0.1) is 0 Å². The van der Waals surface area contributed by atoms with Gasteiger partial charge in [-0.3, -0.25) is 4.79 Å². The van der Waals surface area contributed by atoms with Crippen molar-refractivity contribution in [3.05, 3.63) is 29.8 Å². The molecular formula is C12H14N2O2. The van der Waals surface area contributed by atoms with E-state index in [2.05, 4.69) is 0 Å². The maximum atomic E-state index is 10.8. The fourth-order valence-corrected chi connectivity index (χ4v) is 1.95. The molecule has 0 fully saturated rings. The summed E-state index contributed by atoms with van der Waals surface area (Å²) in [6, 6.07) is 7.70. The van der Waals surface area contributed by atoms with Crippen LogP contribution >= 0.6 is 0 Å². The van der Waals surface area contributed by atoms with Crippen molar-refractivity contribution < 1.29 is 9.90 Å². The highest BCUT2D eigenvalue weighted by atomic mass is 16.3. The Labute approximate surface area is 93.3 Å². The van der Waals surface area contributed by atoms with Gasteiger partial charge in [-0.05, 0) is 12.5 Å². The second-order valence-electron chi connectivity index (χ2n) is 3.84. The van der Waals surface area contributed by atoms with Gasteiger partial charge in [0.2, 0.25) is 5.91 Å². The van der Waals surface area contributed by atoms with Crippen molar-refractivity contribution in [3.63, 3.8) is 0 Å². The van der Waals surface area contributed by atoms with Crippen molar-refractivity contribution in [2.75, 3.05) is 0 Å². The SMILES string of the molecule is Cn1c(O)c(CCC(N)=O)c2ccccc21. The van der Waals surface area contributed by atoms with Gasteiger partial charge in [0.25, 0.3) is 0 Å². The van der Waals surface area contributed by atoms with E-state index < -0.39 is 0 Å². The molecule has 1 amide bonds. The number of fused-ring (bicyclic) bond motifs is 1. The molecule has 0 atom stereocenters. The molecule has 0 spiro atoms. The number of benzene rings is 1. The van der Waals surface area contributed by atoms with E-state index in [0.29, 0.717) is 6.42 Å². The largest absolute Gasteiger partial charge is 0.494 e. The zero-order valence-corrected chi connectivity index (χ0v) is 9.10. The number of rotatable bonds is 3.